The summed E-state index contributed by atoms with van der Waals surface area (Å²) < 4.78 is 0. The van der Waals surface area contributed by atoms with Gasteiger partial charge in [0.15, 0.2) is 0 Å². The first kappa shape index (κ1) is 17.2. The number of likely N-dealkylation sites (tertiary alicyclic amines) is 1. The maximum atomic E-state index is 3.53. The Balaban J connectivity index is 0.00000180. The number of nitrogens with one attached hydrogen (secondary N) is 1. The summed E-state index contributed by atoms with van der Waals surface area (Å²) in [6.45, 7) is 7.78. The van der Waals surface area contributed by atoms with Gasteiger partial charge < -0.3 is 15.1 Å². The van der Waals surface area contributed by atoms with Gasteiger partial charge in [-0.3, -0.25) is 0 Å². The molecule has 2 aliphatic heterocycles. The number of halogens is 1. The molecule has 2 saturated heterocycles. The van der Waals surface area contributed by atoms with Gasteiger partial charge in [0, 0.05) is 6.54 Å². The Labute approximate surface area is 125 Å². The molecule has 2 heterocycles. The van der Waals surface area contributed by atoms with Crippen LogP contribution < -0.4 is 5.32 Å². The van der Waals surface area contributed by atoms with Gasteiger partial charge in [-0.25, -0.2) is 0 Å². The summed E-state index contributed by atoms with van der Waals surface area (Å²) in [5.41, 5.74) is 0. The van der Waals surface area contributed by atoms with Crippen molar-refractivity contribution in [3.63, 3.8) is 0 Å². The molecule has 0 bridgehead atoms. The number of hydrogen-bond donors (Lipinski definition) is 1. The molecular weight excluding hydrogens is 258 g/mol. The lowest BCUT2D eigenvalue weighted by molar-refractivity contribution is 0.152. The Kier molecular flexibility index (Phi) is 8.31. The van der Waals surface area contributed by atoms with Crippen LogP contribution in [0.3, 0.4) is 0 Å². The first-order chi connectivity index (χ1) is 8.74. The van der Waals surface area contributed by atoms with E-state index in [1.807, 2.05) is 0 Å². The van der Waals surface area contributed by atoms with Gasteiger partial charge in [0.25, 0.3) is 0 Å². The summed E-state index contributed by atoms with van der Waals surface area (Å²) in [5, 5.41) is 3.53. The van der Waals surface area contributed by atoms with E-state index in [1.165, 1.54) is 71.4 Å². The van der Waals surface area contributed by atoms with Crippen molar-refractivity contribution in [1.29, 1.82) is 0 Å². The minimum atomic E-state index is 0. The molecule has 2 aliphatic rings. The monoisotopic (exact) mass is 289 g/mol. The van der Waals surface area contributed by atoms with Gasteiger partial charge in [0.05, 0.1) is 0 Å². The standard InChI is InChI=1S/C15H31N3.ClH/c1-17(2)13-15-6-10-18(11-7-15)9-5-14-4-3-8-16-12-14;/h14-16H,3-13H2,1-2H3;1H. The fourth-order valence-electron chi connectivity index (χ4n) is 3.44. The summed E-state index contributed by atoms with van der Waals surface area (Å²) in [7, 11) is 4.39. The Bertz CT molecular complexity index is 221. The minimum Gasteiger partial charge on any atom is -0.316 e. The van der Waals surface area contributed by atoms with Crippen LogP contribution in [0.5, 0.6) is 0 Å². The molecule has 3 nitrogen and oxygen atoms in total. The van der Waals surface area contributed by atoms with Crippen molar-refractivity contribution in [3.8, 4) is 0 Å². The second-order valence-corrected chi connectivity index (χ2v) is 6.55. The van der Waals surface area contributed by atoms with Crippen LogP contribution in [0.1, 0.15) is 32.1 Å². The van der Waals surface area contributed by atoms with Crippen LogP contribution in [0, 0.1) is 11.8 Å². The van der Waals surface area contributed by atoms with Gasteiger partial charge in [-0.2, -0.15) is 0 Å². The topological polar surface area (TPSA) is 18.5 Å². The Hall–Kier alpha value is 0.170. The van der Waals surface area contributed by atoms with E-state index in [0.29, 0.717) is 0 Å². The third-order valence-electron chi connectivity index (χ3n) is 4.58. The molecular formula is C15H32ClN3. The highest BCUT2D eigenvalue weighted by molar-refractivity contribution is 5.85. The largest absolute Gasteiger partial charge is 0.316 e. The van der Waals surface area contributed by atoms with Gasteiger partial charge in [0.1, 0.15) is 0 Å². The van der Waals surface area contributed by atoms with E-state index in [2.05, 4.69) is 29.2 Å². The molecule has 0 radical (unpaired) electrons. The molecule has 0 aromatic rings. The number of nitrogens with zero attached hydrogens (tertiary/aromatic N) is 2. The molecule has 114 valence electrons. The van der Waals surface area contributed by atoms with Crippen molar-refractivity contribution in [2.75, 3.05) is 53.4 Å². The van der Waals surface area contributed by atoms with Crippen molar-refractivity contribution < 1.29 is 0 Å². The van der Waals surface area contributed by atoms with E-state index in [9.17, 15) is 0 Å². The van der Waals surface area contributed by atoms with Gasteiger partial charge in [0.2, 0.25) is 0 Å². The fourth-order valence-corrected chi connectivity index (χ4v) is 3.44. The molecule has 0 aromatic heterocycles. The zero-order valence-corrected chi connectivity index (χ0v) is 13.6. The van der Waals surface area contributed by atoms with Crippen LogP contribution in [-0.4, -0.2) is 63.2 Å². The zero-order chi connectivity index (χ0) is 12.8. The number of piperidine rings is 2. The maximum absolute atomic E-state index is 3.53. The van der Waals surface area contributed by atoms with Crippen LogP contribution in [0.25, 0.3) is 0 Å². The summed E-state index contributed by atoms with van der Waals surface area (Å²) >= 11 is 0. The van der Waals surface area contributed by atoms with Crippen LogP contribution in [-0.2, 0) is 0 Å². The molecule has 1 atom stereocenters. The highest BCUT2D eigenvalue weighted by Gasteiger charge is 2.20. The van der Waals surface area contributed by atoms with E-state index in [-0.39, 0.29) is 12.4 Å². The van der Waals surface area contributed by atoms with Crippen molar-refractivity contribution >= 4 is 12.4 Å². The van der Waals surface area contributed by atoms with E-state index in [0.717, 1.165) is 11.8 Å². The summed E-state index contributed by atoms with van der Waals surface area (Å²) in [4.78, 5) is 5.04. The first-order valence-corrected chi connectivity index (χ1v) is 7.82. The minimum absolute atomic E-state index is 0. The predicted molar refractivity (Wildman–Crippen MR) is 85.2 cm³/mol. The number of rotatable bonds is 5. The summed E-state index contributed by atoms with van der Waals surface area (Å²) in [5.74, 6) is 1.88. The van der Waals surface area contributed by atoms with E-state index >= 15 is 0 Å². The number of hydrogen-bond acceptors (Lipinski definition) is 3. The zero-order valence-electron chi connectivity index (χ0n) is 12.7. The maximum Gasteiger partial charge on any atom is 0.000451 e. The summed E-state index contributed by atoms with van der Waals surface area (Å²) in [6, 6.07) is 0. The Morgan fingerprint density at radius 3 is 2.42 bits per heavy atom. The lowest BCUT2D eigenvalue weighted by Gasteiger charge is -2.34. The molecule has 0 spiro atoms. The third-order valence-corrected chi connectivity index (χ3v) is 4.58. The lowest BCUT2D eigenvalue weighted by atomic mass is 9.93. The van der Waals surface area contributed by atoms with E-state index in [4.69, 9.17) is 0 Å². The summed E-state index contributed by atoms with van der Waals surface area (Å²) in [6.07, 6.45) is 7.05. The smallest absolute Gasteiger partial charge is 0.000451 e. The molecule has 0 saturated carbocycles. The van der Waals surface area contributed by atoms with Crippen molar-refractivity contribution in [2.45, 2.75) is 32.1 Å². The Morgan fingerprint density at radius 1 is 1.11 bits per heavy atom. The van der Waals surface area contributed by atoms with Crippen LogP contribution >= 0.6 is 12.4 Å². The van der Waals surface area contributed by atoms with E-state index in [1.54, 1.807) is 0 Å². The van der Waals surface area contributed by atoms with Crippen molar-refractivity contribution in [3.05, 3.63) is 0 Å². The van der Waals surface area contributed by atoms with Crippen LogP contribution in [0.4, 0.5) is 0 Å². The van der Waals surface area contributed by atoms with Crippen molar-refractivity contribution in [2.24, 2.45) is 11.8 Å². The molecule has 2 fully saturated rings. The van der Waals surface area contributed by atoms with Gasteiger partial charge in [-0.05, 0) is 90.8 Å². The average Bonchev–Trinajstić information content (AvgIpc) is 2.38. The third kappa shape index (κ3) is 6.44. The molecule has 1 unspecified atom stereocenters. The molecule has 0 aliphatic carbocycles. The fraction of sp³-hybridized carbons (Fsp3) is 1.00. The van der Waals surface area contributed by atoms with Gasteiger partial charge in [-0.15, -0.1) is 12.4 Å². The molecule has 19 heavy (non-hydrogen) atoms. The Morgan fingerprint density at radius 2 is 1.84 bits per heavy atom. The lowest BCUT2D eigenvalue weighted by Crippen LogP contribution is -2.39. The molecule has 1 N–H and O–H groups in total. The quantitative estimate of drug-likeness (QED) is 0.836. The predicted octanol–water partition coefficient (Wildman–Crippen LogP) is 2.07. The molecule has 0 amide bonds. The highest BCUT2D eigenvalue weighted by Crippen LogP contribution is 2.20. The van der Waals surface area contributed by atoms with Gasteiger partial charge in [-0.1, -0.05) is 0 Å². The molecule has 4 heteroatoms. The van der Waals surface area contributed by atoms with Crippen LogP contribution in [0.15, 0.2) is 0 Å². The molecule has 2 rings (SSSR count). The first-order valence-electron chi connectivity index (χ1n) is 7.82. The normalized spacial score (nSPS) is 26.4. The SMILES string of the molecule is CN(C)CC1CCN(CCC2CCCNC2)CC1.Cl. The highest BCUT2D eigenvalue weighted by atomic mass is 35.5. The average molecular weight is 290 g/mol. The van der Waals surface area contributed by atoms with Crippen LogP contribution in [0.2, 0.25) is 0 Å². The molecule has 0 aromatic carbocycles. The second kappa shape index (κ2) is 9.17. The van der Waals surface area contributed by atoms with Gasteiger partial charge >= 0.3 is 0 Å². The van der Waals surface area contributed by atoms with E-state index < -0.39 is 0 Å². The van der Waals surface area contributed by atoms with Crippen molar-refractivity contribution in [1.82, 2.24) is 15.1 Å². The second-order valence-electron chi connectivity index (χ2n) is 6.55.